The molecule has 0 heterocycles. The van der Waals surface area contributed by atoms with Gasteiger partial charge in [-0.05, 0) is 26.0 Å². The maximum absolute atomic E-state index is 12.0. The van der Waals surface area contributed by atoms with Crippen molar-refractivity contribution >= 4 is 11.7 Å². The highest BCUT2D eigenvalue weighted by atomic mass is 16.5. The summed E-state index contributed by atoms with van der Waals surface area (Å²) in [5, 5.41) is 14.3. The number of carbonyl (C=O) groups is 1. The van der Waals surface area contributed by atoms with Crippen molar-refractivity contribution in [1.82, 2.24) is 5.32 Å². The molecule has 0 aliphatic rings. The molecule has 1 aromatic carbocycles. The lowest BCUT2D eigenvalue weighted by Gasteiger charge is -2.13. The zero-order valence-corrected chi connectivity index (χ0v) is 11.1. The van der Waals surface area contributed by atoms with Gasteiger partial charge in [0.15, 0.2) is 5.84 Å². The number of amides is 1. The minimum atomic E-state index is -0.222. The van der Waals surface area contributed by atoms with E-state index in [4.69, 9.17) is 15.7 Å². The van der Waals surface area contributed by atoms with Gasteiger partial charge in [0.1, 0.15) is 0 Å². The van der Waals surface area contributed by atoms with E-state index in [1.165, 1.54) is 0 Å². The van der Waals surface area contributed by atoms with Gasteiger partial charge in [-0.1, -0.05) is 17.3 Å². The molecule has 0 saturated carbocycles. The largest absolute Gasteiger partial charge is 0.409 e. The number of oxime groups is 1. The van der Waals surface area contributed by atoms with E-state index in [0.717, 1.165) is 0 Å². The monoisotopic (exact) mass is 265 g/mol. The summed E-state index contributed by atoms with van der Waals surface area (Å²) >= 11 is 0. The second-order valence-corrected chi connectivity index (χ2v) is 4.10. The summed E-state index contributed by atoms with van der Waals surface area (Å²) in [6.45, 7) is 4.83. The SMILES string of the molecule is CCOCC(C)NC(=O)c1cccc(C(N)=NO)c1. The van der Waals surface area contributed by atoms with Gasteiger partial charge in [0.2, 0.25) is 0 Å². The van der Waals surface area contributed by atoms with Crippen molar-refractivity contribution in [1.29, 1.82) is 0 Å². The molecule has 6 nitrogen and oxygen atoms in total. The van der Waals surface area contributed by atoms with Gasteiger partial charge in [-0.15, -0.1) is 0 Å². The zero-order valence-electron chi connectivity index (χ0n) is 11.1. The molecule has 0 saturated heterocycles. The Morgan fingerprint density at radius 1 is 1.53 bits per heavy atom. The van der Waals surface area contributed by atoms with Crippen LogP contribution in [0.3, 0.4) is 0 Å². The summed E-state index contributed by atoms with van der Waals surface area (Å²) in [6.07, 6.45) is 0. The molecule has 0 bridgehead atoms. The number of nitrogens with two attached hydrogens (primary N) is 1. The van der Waals surface area contributed by atoms with Crippen LogP contribution in [0.1, 0.15) is 29.8 Å². The number of hydrogen-bond donors (Lipinski definition) is 3. The van der Waals surface area contributed by atoms with E-state index in [-0.39, 0.29) is 17.8 Å². The summed E-state index contributed by atoms with van der Waals surface area (Å²) in [7, 11) is 0. The maximum Gasteiger partial charge on any atom is 0.251 e. The van der Waals surface area contributed by atoms with Gasteiger partial charge in [0, 0.05) is 23.8 Å². The predicted molar refractivity (Wildman–Crippen MR) is 72.4 cm³/mol. The Hall–Kier alpha value is -2.08. The van der Waals surface area contributed by atoms with Gasteiger partial charge in [-0.2, -0.15) is 0 Å². The average Bonchev–Trinajstić information content (AvgIpc) is 2.44. The van der Waals surface area contributed by atoms with Gasteiger partial charge in [0.25, 0.3) is 5.91 Å². The van der Waals surface area contributed by atoms with Gasteiger partial charge < -0.3 is 21.0 Å². The molecule has 104 valence electrons. The normalized spacial score (nSPS) is 13.1. The molecule has 1 aromatic rings. The second kappa shape index (κ2) is 7.38. The fourth-order valence-corrected chi connectivity index (χ4v) is 1.52. The molecule has 0 radical (unpaired) electrons. The molecule has 1 atom stereocenters. The number of carbonyl (C=O) groups excluding carboxylic acids is 1. The van der Waals surface area contributed by atoms with Crippen molar-refractivity contribution in [3.63, 3.8) is 0 Å². The average molecular weight is 265 g/mol. The standard InChI is InChI=1S/C13H19N3O3/c1-3-19-8-9(2)15-13(17)11-6-4-5-10(7-11)12(14)16-18/h4-7,9,18H,3,8H2,1-2H3,(H2,14,16)(H,15,17). The molecule has 1 unspecified atom stereocenters. The van der Waals surface area contributed by atoms with Crippen molar-refractivity contribution in [2.75, 3.05) is 13.2 Å². The molecule has 0 fully saturated rings. The Bertz CT molecular complexity index is 460. The fraction of sp³-hybridized carbons (Fsp3) is 0.385. The Kier molecular flexibility index (Phi) is 5.81. The van der Waals surface area contributed by atoms with E-state index in [0.29, 0.717) is 24.3 Å². The van der Waals surface area contributed by atoms with Crippen LogP contribution in [0.15, 0.2) is 29.4 Å². The highest BCUT2D eigenvalue weighted by molar-refractivity contribution is 6.01. The molecule has 0 aromatic heterocycles. The van der Waals surface area contributed by atoms with Crippen molar-refractivity contribution < 1.29 is 14.7 Å². The number of nitrogens with zero attached hydrogens (tertiary/aromatic N) is 1. The number of ether oxygens (including phenoxy) is 1. The van der Waals surface area contributed by atoms with Crippen LogP contribution in [0, 0.1) is 0 Å². The van der Waals surface area contributed by atoms with E-state index >= 15 is 0 Å². The van der Waals surface area contributed by atoms with E-state index < -0.39 is 0 Å². The van der Waals surface area contributed by atoms with Crippen LogP contribution in [0.5, 0.6) is 0 Å². The highest BCUT2D eigenvalue weighted by Gasteiger charge is 2.11. The Morgan fingerprint density at radius 3 is 2.84 bits per heavy atom. The second-order valence-electron chi connectivity index (χ2n) is 4.10. The van der Waals surface area contributed by atoms with Crippen molar-refractivity contribution in [3.05, 3.63) is 35.4 Å². The molecule has 4 N–H and O–H groups in total. The molecule has 0 aliphatic carbocycles. The smallest absolute Gasteiger partial charge is 0.251 e. The predicted octanol–water partition coefficient (Wildman–Crippen LogP) is 0.936. The van der Waals surface area contributed by atoms with E-state index in [1.54, 1.807) is 24.3 Å². The lowest BCUT2D eigenvalue weighted by atomic mass is 10.1. The summed E-state index contributed by atoms with van der Waals surface area (Å²) in [5.74, 6) is -0.253. The quantitative estimate of drug-likeness (QED) is 0.308. The first-order valence-corrected chi connectivity index (χ1v) is 6.05. The lowest BCUT2D eigenvalue weighted by molar-refractivity contribution is 0.0872. The van der Waals surface area contributed by atoms with Gasteiger partial charge in [-0.3, -0.25) is 4.79 Å². The van der Waals surface area contributed by atoms with Crippen LogP contribution in [-0.4, -0.2) is 36.2 Å². The van der Waals surface area contributed by atoms with Crippen molar-refractivity contribution in [3.8, 4) is 0 Å². The molecule has 1 rings (SSSR count). The number of benzene rings is 1. The van der Waals surface area contributed by atoms with Crippen molar-refractivity contribution in [2.45, 2.75) is 19.9 Å². The van der Waals surface area contributed by atoms with E-state index in [1.807, 2.05) is 13.8 Å². The Labute approximate surface area is 112 Å². The van der Waals surface area contributed by atoms with Crippen LogP contribution < -0.4 is 11.1 Å². The van der Waals surface area contributed by atoms with E-state index in [2.05, 4.69) is 10.5 Å². The minimum absolute atomic E-state index is 0.0305. The first-order valence-electron chi connectivity index (χ1n) is 6.05. The third-order valence-electron chi connectivity index (χ3n) is 2.48. The van der Waals surface area contributed by atoms with Crippen LogP contribution in [0.4, 0.5) is 0 Å². The van der Waals surface area contributed by atoms with Crippen LogP contribution in [0.2, 0.25) is 0 Å². The molecule has 6 heteroatoms. The highest BCUT2D eigenvalue weighted by Crippen LogP contribution is 2.05. The number of hydrogen-bond acceptors (Lipinski definition) is 4. The third-order valence-corrected chi connectivity index (χ3v) is 2.48. The first kappa shape index (κ1) is 15.0. The minimum Gasteiger partial charge on any atom is -0.409 e. The van der Waals surface area contributed by atoms with Crippen molar-refractivity contribution in [2.24, 2.45) is 10.9 Å². The first-order chi connectivity index (χ1) is 9.08. The summed E-state index contributed by atoms with van der Waals surface area (Å²) in [6, 6.07) is 6.49. The number of amidine groups is 1. The van der Waals surface area contributed by atoms with Gasteiger partial charge in [0.05, 0.1) is 6.61 Å². The molecule has 0 aliphatic heterocycles. The number of rotatable bonds is 6. The lowest BCUT2D eigenvalue weighted by Crippen LogP contribution is -2.36. The van der Waals surface area contributed by atoms with Crippen LogP contribution >= 0.6 is 0 Å². The zero-order chi connectivity index (χ0) is 14.3. The van der Waals surface area contributed by atoms with Crippen LogP contribution in [-0.2, 0) is 4.74 Å². The Morgan fingerprint density at radius 2 is 2.21 bits per heavy atom. The molecule has 0 spiro atoms. The molecule has 19 heavy (non-hydrogen) atoms. The van der Waals surface area contributed by atoms with Gasteiger partial charge in [-0.25, -0.2) is 0 Å². The Balaban J connectivity index is 2.72. The molecular weight excluding hydrogens is 246 g/mol. The topological polar surface area (TPSA) is 96.9 Å². The number of nitrogens with one attached hydrogen (secondary N) is 1. The summed E-state index contributed by atoms with van der Waals surface area (Å²) in [5.41, 5.74) is 6.42. The third kappa shape index (κ3) is 4.59. The van der Waals surface area contributed by atoms with Gasteiger partial charge >= 0.3 is 0 Å². The van der Waals surface area contributed by atoms with E-state index in [9.17, 15) is 4.79 Å². The van der Waals surface area contributed by atoms with Crippen LogP contribution in [0.25, 0.3) is 0 Å². The molecule has 1 amide bonds. The molecular formula is C13H19N3O3. The maximum atomic E-state index is 12.0. The fourth-order valence-electron chi connectivity index (χ4n) is 1.52. The summed E-state index contributed by atoms with van der Waals surface area (Å²) in [4.78, 5) is 12.0. The summed E-state index contributed by atoms with van der Waals surface area (Å²) < 4.78 is 5.22.